The average Bonchev–Trinajstić information content (AvgIpc) is 3.46. The summed E-state index contributed by atoms with van der Waals surface area (Å²) in [6, 6.07) is 9.64. The topological polar surface area (TPSA) is 80.0 Å². The average molecular weight is 543 g/mol. The van der Waals surface area contributed by atoms with Crippen LogP contribution in [0.1, 0.15) is 29.2 Å². The second-order valence-electron chi connectivity index (χ2n) is 9.20. The minimum absolute atomic E-state index is 0.0465. The number of hydrogen-bond acceptors (Lipinski definition) is 6. The molecule has 198 valence electrons. The van der Waals surface area contributed by atoms with Gasteiger partial charge in [0.1, 0.15) is 0 Å². The number of aliphatic hydroxyl groups excluding tert-OH is 1. The summed E-state index contributed by atoms with van der Waals surface area (Å²) in [5, 5.41) is 15.0. The van der Waals surface area contributed by atoms with E-state index in [2.05, 4.69) is 16.7 Å². The number of morpholine rings is 1. The van der Waals surface area contributed by atoms with E-state index in [1.165, 1.54) is 22.5 Å². The van der Waals surface area contributed by atoms with Crippen LogP contribution < -0.4 is 0 Å². The quantitative estimate of drug-likeness (QED) is 0.467. The van der Waals surface area contributed by atoms with Gasteiger partial charge in [-0.3, -0.25) is 9.48 Å². The second kappa shape index (κ2) is 10.4. The number of nitrogens with zero attached hydrogens (tertiary/aromatic N) is 4. The van der Waals surface area contributed by atoms with Gasteiger partial charge in [-0.25, -0.2) is 0 Å². The number of hydrogen-bond donors (Lipinski definition) is 1. The number of aliphatic hydroxyl groups is 1. The molecule has 0 bridgehead atoms. The van der Waals surface area contributed by atoms with Crippen molar-refractivity contribution < 1.29 is 27.8 Å². The Balaban J connectivity index is 1.36. The normalized spacial score (nSPS) is 19.4. The number of ether oxygens (including phenoxy) is 1. The lowest BCUT2D eigenvalue weighted by atomic mass is 10.00. The van der Waals surface area contributed by atoms with Crippen LogP contribution in [0, 0.1) is 0 Å². The molecule has 0 spiro atoms. The first-order chi connectivity index (χ1) is 18.1. The zero-order valence-electron chi connectivity index (χ0n) is 20.5. The summed E-state index contributed by atoms with van der Waals surface area (Å²) in [6.45, 7) is 6.75. The van der Waals surface area contributed by atoms with E-state index in [4.69, 9.17) is 4.74 Å². The predicted molar refractivity (Wildman–Crippen MR) is 141 cm³/mol. The standard InChI is InChI=1S/C27H25F3N4O3S/c1-16(2)18-4-5-19(22(11-18)27(28,29)30)13-34-23-6-3-17(9-20(23)12-31-34)10-24-25(36)32-26(38-24)33-7-8-37-21(14-33)15-35/h3-6,9-12,21,35H,1,7-8,13-15H2,2H3/b24-10+/t21-/m1/s1. The van der Waals surface area contributed by atoms with Crippen molar-refractivity contribution in [1.82, 2.24) is 14.7 Å². The van der Waals surface area contributed by atoms with Crippen LogP contribution in [0.3, 0.4) is 0 Å². The van der Waals surface area contributed by atoms with E-state index in [9.17, 15) is 23.1 Å². The molecule has 0 radical (unpaired) electrons. The van der Waals surface area contributed by atoms with E-state index in [1.54, 1.807) is 37.4 Å². The summed E-state index contributed by atoms with van der Waals surface area (Å²) in [5.41, 5.74) is 1.83. The number of aliphatic imine (C=N–C) groups is 1. The first-order valence-electron chi connectivity index (χ1n) is 11.9. The van der Waals surface area contributed by atoms with Gasteiger partial charge >= 0.3 is 6.18 Å². The number of halogens is 3. The molecular formula is C27H25F3N4O3S. The highest BCUT2D eigenvalue weighted by Gasteiger charge is 2.34. The lowest BCUT2D eigenvalue weighted by Crippen LogP contribution is -2.45. The first kappa shape index (κ1) is 26.2. The Morgan fingerprint density at radius 1 is 1.29 bits per heavy atom. The molecule has 2 aliphatic rings. The third-order valence-electron chi connectivity index (χ3n) is 6.41. The molecule has 2 aromatic carbocycles. The van der Waals surface area contributed by atoms with Crippen LogP contribution >= 0.6 is 11.8 Å². The highest BCUT2D eigenvalue weighted by molar-refractivity contribution is 8.18. The van der Waals surface area contributed by atoms with Gasteiger partial charge in [0, 0.05) is 18.5 Å². The highest BCUT2D eigenvalue weighted by atomic mass is 32.2. The molecule has 11 heteroatoms. The Morgan fingerprint density at radius 3 is 2.84 bits per heavy atom. The largest absolute Gasteiger partial charge is 0.416 e. The highest BCUT2D eigenvalue weighted by Crippen LogP contribution is 2.35. The summed E-state index contributed by atoms with van der Waals surface area (Å²) in [4.78, 5) is 19.1. The Labute approximate surface area is 221 Å². The molecule has 3 heterocycles. The van der Waals surface area contributed by atoms with E-state index < -0.39 is 11.7 Å². The molecule has 0 unspecified atom stereocenters. The molecule has 38 heavy (non-hydrogen) atoms. The van der Waals surface area contributed by atoms with E-state index in [0.717, 1.165) is 17.0 Å². The first-order valence-corrected chi connectivity index (χ1v) is 12.8. The van der Waals surface area contributed by atoms with Crippen molar-refractivity contribution in [1.29, 1.82) is 0 Å². The fourth-order valence-electron chi connectivity index (χ4n) is 4.41. The van der Waals surface area contributed by atoms with Gasteiger partial charge in [0.05, 0.1) is 48.0 Å². The molecule has 1 amide bonds. The van der Waals surface area contributed by atoms with Crippen LogP contribution in [0.4, 0.5) is 13.2 Å². The Morgan fingerprint density at radius 2 is 2.11 bits per heavy atom. The zero-order valence-corrected chi connectivity index (χ0v) is 21.3. The van der Waals surface area contributed by atoms with Crippen molar-refractivity contribution in [2.75, 3.05) is 26.3 Å². The molecule has 1 atom stereocenters. The number of aromatic nitrogens is 2. The summed E-state index contributed by atoms with van der Waals surface area (Å²) in [5.74, 6) is -0.342. The molecule has 3 aromatic rings. The van der Waals surface area contributed by atoms with E-state index in [1.807, 2.05) is 11.0 Å². The van der Waals surface area contributed by atoms with Gasteiger partial charge in [-0.1, -0.05) is 30.4 Å². The van der Waals surface area contributed by atoms with Crippen LogP contribution in [0.2, 0.25) is 0 Å². The number of thioether (sulfide) groups is 1. The predicted octanol–water partition coefficient (Wildman–Crippen LogP) is 4.80. The molecule has 1 fully saturated rings. The van der Waals surface area contributed by atoms with E-state index >= 15 is 0 Å². The van der Waals surface area contributed by atoms with E-state index in [-0.39, 0.29) is 30.7 Å². The molecule has 0 saturated carbocycles. The number of alkyl halides is 3. The Kier molecular flexibility index (Phi) is 7.17. The monoisotopic (exact) mass is 542 g/mol. The zero-order chi connectivity index (χ0) is 27.0. The van der Waals surface area contributed by atoms with Gasteiger partial charge in [-0.15, -0.1) is 0 Å². The maximum Gasteiger partial charge on any atom is 0.416 e. The van der Waals surface area contributed by atoms with Crippen LogP contribution in [-0.2, 0) is 22.3 Å². The van der Waals surface area contributed by atoms with Gasteiger partial charge in [-0.05, 0) is 59.7 Å². The molecular weight excluding hydrogens is 517 g/mol. The molecule has 0 aliphatic carbocycles. The number of amides is 1. The summed E-state index contributed by atoms with van der Waals surface area (Å²) in [7, 11) is 0. The summed E-state index contributed by atoms with van der Waals surface area (Å²) < 4.78 is 48.3. The summed E-state index contributed by atoms with van der Waals surface area (Å²) in [6.07, 6.45) is -1.48. The SMILES string of the molecule is C=C(C)c1ccc(Cn2ncc3cc(/C=C4/SC(N5CCO[C@@H](CO)C5)=NC4=O)ccc32)c(C(F)(F)F)c1. The summed E-state index contributed by atoms with van der Waals surface area (Å²) >= 11 is 1.27. The van der Waals surface area contributed by atoms with Crippen LogP contribution in [-0.4, -0.2) is 63.3 Å². The number of amidine groups is 1. The molecule has 1 aromatic heterocycles. The number of benzene rings is 2. The molecule has 1 saturated heterocycles. The minimum atomic E-state index is -4.50. The van der Waals surface area contributed by atoms with Crippen LogP contribution in [0.15, 0.2) is 59.1 Å². The van der Waals surface area contributed by atoms with Crippen molar-refractivity contribution in [3.8, 4) is 0 Å². The van der Waals surface area contributed by atoms with Crippen molar-refractivity contribution in [3.05, 3.63) is 76.3 Å². The van der Waals surface area contributed by atoms with Crippen molar-refractivity contribution >= 4 is 45.4 Å². The fourth-order valence-corrected chi connectivity index (χ4v) is 5.36. The van der Waals surface area contributed by atoms with Crippen LogP contribution in [0.5, 0.6) is 0 Å². The Hall–Kier alpha value is -3.41. The maximum atomic E-state index is 13.8. The second-order valence-corrected chi connectivity index (χ2v) is 10.2. The Bertz CT molecular complexity index is 1480. The lowest BCUT2D eigenvalue weighted by molar-refractivity contribution is -0.138. The van der Waals surface area contributed by atoms with Crippen molar-refractivity contribution in [2.45, 2.75) is 25.7 Å². The van der Waals surface area contributed by atoms with Gasteiger partial charge in [-0.2, -0.15) is 23.3 Å². The fraction of sp³-hybridized carbons (Fsp3) is 0.296. The third-order valence-corrected chi connectivity index (χ3v) is 7.46. The molecule has 2 aliphatic heterocycles. The van der Waals surface area contributed by atoms with Gasteiger partial charge < -0.3 is 14.7 Å². The maximum absolute atomic E-state index is 13.8. The molecule has 1 N–H and O–H groups in total. The van der Waals surface area contributed by atoms with Gasteiger partial charge in [0.2, 0.25) is 0 Å². The van der Waals surface area contributed by atoms with Gasteiger partial charge in [0.25, 0.3) is 5.91 Å². The van der Waals surface area contributed by atoms with Crippen molar-refractivity contribution in [2.24, 2.45) is 4.99 Å². The van der Waals surface area contributed by atoms with Crippen molar-refractivity contribution in [3.63, 3.8) is 0 Å². The van der Waals surface area contributed by atoms with E-state index in [0.29, 0.717) is 46.4 Å². The minimum Gasteiger partial charge on any atom is -0.394 e. The number of carbonyl (C=O) groups excluding carboxylic acids is 1. The lowest BCUT2D eigenvalue weighted by Gasteiger charge is -2.32. The number of rotatable bonds is 5. The molecule has 5 rings (SSSR count). The van der Waals surface area contributed by atoms with Gasteiger partial charge in [0.15, 0.2) is 5.17 Å². The molecule has 7 nitrogen and oxygen atoms in total. The van der Waals surface area contributed by atoms with Crippen LogP contribution in [0.25, 0.3) is 22.6 Å². The number of fused-ring (bicyclic) bond motifs is 1. The third kappa shape index (κ3) is 5.40. The number of carbonyl (C=O) groups is 1. The number of allylic oxidation sites excluding steroid dienone is 1. The smallest absolute Gasteiger partial charge is 0.394 e.